The molecule has 0 unspecified atom stereocenters. The standard InChI is InChI=1S/C12H10BrNO3.C11H8BrNO3/c1-16-10-6-4-8(13)7-3-5-9(12(15)17-2)14-11(7)10;1-16-9-5-3-7(12)6-2-4-8(11(14)15)13-10(6)9/h3-6H,1-2H3;2-5H,1H3,(H,14,15). The molecule has 0 aliphatic heterocycles. The zero-order valence-electron chi connectivity index (χ0n) is 17.8. The number of hydrogen-bond acceptors (Lipinski definition) is 7. The van der Waals surface area contributed by atoms with E-state index in [9.17, 15) is 9.59 Å². The van der Waals surface area contributed by atoms with E-state index in [0.29, 0.717) is 22.5 Å². The quantitative estimate of drug-likeness (QED) is 0.317. The number of ether oxygens (including phenoxy) is 3. The number of carbonyl (C=O) groups is 2. The maximum Gasteiger partial charge on any atom is 0.356 e. The number of nitrogens with zero attached hydrogens (tertiary/aromatic N) is 2. The van der Waals surface area contributed by atoms with Gasteiger partial charge in [-0.05, 0) is 48.5 Å². The van der Waals surface area contributed by atoms with Crippen LogP contribution in [0.5, 0.6) is 11.5 Å². The highest BCUT2D eigenvalue weighted by atomic mass is 79.9. The van der Waals surface area contributed by atoms with Gasteiger partial charge in [-0.1, -0.05) is 31.9 Å². The van der Waals surface area contributed by atoms with E-state index in [2.05, 4.69) is 46.6 Å². The molecule has 0 atom stereocenters. The Morgan fingerprint density at radius 3 is 1.61 bits per heavy atom. The van der Waals surface area contributed by atoms with Crippen molar-refractivity contribution in [3.8, 4) is 11.5 Å². The van der Waals surface area contributed by atoms with Crippen molar-refractivity contribution >= 4 is 65.6 Å². The minimum Gasteiger partial charge on any atom is -0.494 e. The number of carboxylic acids is 1. The molecule has 0 radical (unpaired) electrons. The van der Waals surface area contributed by atoms with Gasteiger partial charge < -0.3 is 19.3 Å². The van der Waals surface area contributed by atoms with Gasteiger partial charge in [0.15, 0.2) is 0 Å². The van der Waals surface area contributed by atoms with Crippen molar-refractivity contribution in [2.45, 2.75) is 0 Å². The number of carbonyl (C=O) groups excluding carboxylic acids is 1. The Bertz CT molecular complexity index is 1360. The summed E-state index contributed by atoms with van der Waals surface area (Å²) in [5.41, 5.74) is 1.43. The van der Waals surface area contributed by atoms with E-state index in [1.54, 1.807) is 37.4 Å². The lowest BCUT2D eigenvalue weighted by Crippen LogP contribution is -2.04. The molecule has 0 saturated carbocycles. The molecule has 0 amide bonds. The summed E-state index contributed by atoms with van der Waals surface area (Å²) in [7, 11) is 4.42. The third-order valence-corrected chi connectivity index (χ3v) is 5.97. The van der Waals surface area contributed by atoms with E-state index in [1.165, 1.54) is 20.3 Å². The maximum absolute atomic E-state index is 11.4. The fraction of sp³-hybridized carbons (Fsp3) is 0.130. The predicted octanol–water partition coefficient (Wildman–Crippen LogP) is 5.50. The number of carboxylic acid groups (broad SMARTS) is 1. The Morgan fingerprint density at radius 2 is 1.18 bits per heavy atom. The zero-order valence-corrected chi connectivity index (χ0v) is 20.9. The van der Waals surface area contributed by atoms with Crippen LogP contribution < -0.4 is 9.47 Å². The topological polar surface area (TPSA) is 108 Å². The van der Waals surface area contributed by atoms with Gasteiger partial charge >= 0.3 is 11.9 Å². The minimum atomic E-state index is -1.05. The van der Waals surface area contributed by atoms with Gasteiger partial charge in [-0.2, -0.15) is 0 Å². The lowest BCUT2D eigenvalue weighted by Gasteiger charge is -2.07. The molecule has 0 bridgehead atoms. The molecular formula is C23H18Br2N2O6. The van der Waals surface area contributed by atoms with Crippen LogP contribution in [0.25, 0.3) is 21.8 Å². The van der Waals surface area contributed by atoms with Gasteiger partial charge in [0.1, 0.15) is 33.9 Å². The summed E-state index contributed by atoms with van der Waals surface area (Å²) < 4.78 is 16.7. The predicted molar refractivity (Wildman–Crippen MR) is 130 cm³/mol. The van der Waals surface area contributed by atoms with E-state index < -0.39 is 11.9 Å². The van der Waals surface area contributed by atoms with Gasteiger partial charge in [0.2, 0.25) is 0 Å². The lowest BCUT2D eigenvalue weighted by molar-refractivity contribution is 0.0593. The first kappa shape index (κ1) is 24.4. The number of methoxy groups -OCH3 is 3. The first-order chi connectivity index (χ1) is 15.8. The molecule has 0 fully saturated rings. The van der Waals surface area contributed by atoms with Gasteiger partial charge in [-0.3, -0.25) is 0 Å². The average Bonchev–Trinajstić information content (AvgIpc) is 2.84. The zero-order chi connectivity index (χ0) is 24.1. The second kappa shape index (κ2) is 10.6. The van der Waals surface area contributed by atoms with Gasteiger partial charge in [-0.15, -0.1) is 0 Å². The number of aromatic nitrogens is 2. The number of hydrogen-bond donors (Lipinski definition) is 1. The van der Waals surface area contributed by atoms with Gasteiger partial charge in [-0.25, -0.2) is 19.6 Å². The van der Waals surface area contributed by atoms with Crippen LogP contribution in [0.15, 0.2) is 57.5 Å². The van der Waals surface area contributed by atoms with E-state index in [0.717, 1.165) is 19.7 Å². The number of aromatic carboxylic acids is 1. The monoisotopic (exact) mass is 576 g/mol. The summed E-state index contributed by atoms with van der Waals surface area (Å²) in [5, 5.41) is 10.6. The average molecular weight is 578 g/mol. The Morgan fingerprint density at radius 1 is 0.727 bits per heavy atom. The molecule has 0 saturated heterocycles. The summed E-state index contributed by atoms with van der Waals surface area (Å²) in [6, 6.07) is 13.8. The normalized spacial score (nSPS) is 10.3. The molecule has 0 aliphatic carbocycles. The van der Waals surface area contributed by atoms with Crippen LogP contribution in [-0.2, 0) is 4.74 Å². The molecule has 0 aliphatic rings. The molecule has 2 aromatic heterocycles. The van der Waals surface area contributed by atoms with E-state index >= 15 is 0 Å². The van der Waals surface area contributed by atoms with Gasteiger partial charge in [0, 0.05) is 19.7 Å². The lowest BCUT2D eigenvalue weighted by atomic mass is 10.2. The van der Waals surface area contributed by atoms with Crippen LogP contribution >= 0.6 is 31.9 Å². The molecule has 0 spiro atoms. The van der Waals surface area contributed by atoms with Crippen molar-refractivity contribution in [3.05, 3.63) is 68.9 Å². The van der Waals surface area contributed by atoms with Crippen LogP contribution in [0.1, 0.15) is 21.0 Å². The molecule has 2 aromatic carbocycles. The molecule has 8 nitrogen and oxygen atoms in total. The third kappa shape index (κ3) is 5.23. The van der Waals surface area contributed by atoms with Gasteiger partial charge in [0.25, 0.3) is 0 Å². The highest BCUT2D eigenvalue weighted by Crippen LogP contribution is 2.31. The molecule has 4 rings (SSSR count). The van der Waals surface area contributed by atoms with Crippen LogP contribution in [-0.4, -0.2) is 48.3 Å². The number of fused-ring (bicyclic) bond motifs is 2. The van der Waals surface area contributed by atoms with Crippen molar-refractivity contribution in [1.82, 2.24) is 9.97 Å². The largest absolute Gasteiger partial charge is 0.494 e. The maximum atomic E-state index is 11.4. The van der Waals surface area contributed by atoms with Crippen LogP contribution in [0.2, 0.25) is 0 Å². The third-order valence-electron chi connectivity index (χ3n) is 4.59. The SMILES string of the molecule is COC(=O)c1ccc2c(Br)ccc(OC)c2n1.COc1ccc(Br)c2ccc(C(=O)O)nc12. The highest BCUT2D eigenvalue weighted by molar-refractivity contribution is 9.11. The number of pyridine rings is 2. The van der Waals surface area contributed by atoms with Crippen LogP contribution in [0.3, 0.4) is 0 Å². The molecule has 170 valence electrons. The molecule has 33 heavy (non-hydrogen) atoms. The summed E-state index contributed by atoms with van der Waals surface area (Å²) >= 11 is 6.81. The fourth-order valence-electron chi connectivity index (χ4n) is 2.98. The summed E-state index contributed by atoms with van der Waals surface area (Å²) in [4.78, 5) is 30.5. The smallest absolute Gasteiger partial charge is 0.356 e. The molecule has 10 heteroatoms. The summed E-state index contributed by atoms with van der Waals surface area (Å²) in [6.07, 6.45) is 0. The van der Waals surface area contributed by atoms with Crippen molar-refractivity contribution in [2.24, 2.45) is 0 Å². The van der Waals surface area contributed by atoms with Crippen molar-refractivity contribution in [2.75, 3.05) is 21.3 Å². The number of benzene rings is 2. The minimum absolute atomic E-state index is 0.00361. The van der Waals surface area contributed by atoms with E-state index in [1.807, 2.05) is 12.1 Å². The first-order valence-electron chi connectivity index (χ1n) is 9.38. The Hall–Kier alpha value is -3.24. The Balaban J connectivity index is 0.000000186. The van der Waals surface area contributed by atoms with Crippen molar-refractivity contribution in [1.29, 1.82) is 0 Å². The van der Waals surface area contributed by atoms with Gasteiger partial charge in [0.05, 0.1) is 21.3 Å². The highest BCUT2D eigenvalue weighted by Gasteiger charge is 2.12. The number of rotatable bonds is 4. The molecule has 4 aromatic rings. The Kier molecular flexibility index (Phi) is 7.83. The number of halogens is 2. The summed E-state index contributed by atoms with van der Waals surface area (Å²) in [6.45, 7) is 0. The van der Waals surface area contributed by atoms with Crippen molar-refractivity contribution < 1.29 is 28.9 Å². The van der Waals surface area contributed by atoms with Crippen LogP contribution in [0.4, 0.5) is 0 Å². The Labute approximate surface area is 205 Å². The second-order valence-corrected chi connectivity index (χ2v) is 8.19. The second-order valence-electron chi connectivity index (χ2n) is 6.48. The van der Waals surface area contributed by atoms with Crippen LogP contribution in [0, 0.1) is 0 Å². The van der Waals surface area contributed by atoms with Crippen molar-refractivity contribution in [3.63, 3.8) is 0 Å². The molecular weight excluding hydrogens is 560 g/mol. The first-order valence-corrected chi connectivity index (χ1v) is 11.0. The van der Waals surface area contributed by atoms with E-state index in [-0.39, 0.29) is 11.4 Å². The number of esters is 1. The summed E-state index contributed by atoms with van der Waals surface area (Å²) in [5.74, 6) is -0.340. The van der Waals surface area contributed by atoms with E-state index in [4.69, 9.17) is 14.6 Å². The molecule has 1 N–H and O–H groups in total. The molecule has 2 heterocycles. The fourth-order valence-corrected chi connectivity index (χ4v) is 3.89.